The van der Waals surface area contributed by atoms with Gasteiger partial charge in [-0.3, -0.25) is 4.79 Å². The standard InChI is InChI=1S/C13H12N2O2/c1-2-17-13(16)6-9-3-4-12-10(5-9)7-11(8-14)15-12/h3-5,7,15H,2,6H2,1H3. The number of hydrogen-bond acceptors (Lipinski definition) is 3. The fourth-order valence-electron chi connectivity index (χ4n) is 1.73. The number of ether oxygens (including phenoxy) is 1. The minimum absolute atomic E-state index is 0.233. The lowest BCUT2D eigenvalue weighted by Crippen LogP contribution is -2.07. The normalized spacial score (nSPS) is 10.1. The molecule has 4 nitrogen and oxygen atoms in total. The van der Waals surface area contributed by atoms with E-state index in [9.17, 15) is 4.79 Å². The number of carbonyl (C=O) groups excluding carboxylic acids is 1. The molecule has 0 saturated carbocycles. The smallest absolute Gasteiger partial charge is 0.310 e. The Balaban J connectivity index is 2.25. The molecule has 0 unspecified atom stereocenters. The maximum absolute atomic E-state index is 11.3. The van der Waals surface area contributed by atoms with E-state index in [0.29, 0.717) is 12.3 Å². The first-order chi connectivity index (χ1) is 8.22. The molecule has 0 aliphatic carbocycles. The first-order valence-corrected chi connectivity index (χ1v) is 5.40. The molecule has 0 aliphatic heterocycles. The Kier molecular flexibility index (Phi) is 3.10. The lowest BCUT2D eigenvalue weighted by atomic mass is 10.1. The average molecular weight is 228 g/mol. The number of benzene rings is 1. The van der Waals surface area contributed by atoms with E-state index < -0.39 is 0 Å². The van der Waals surface area contributed by atoms with Crippen molar-refractivity contribution in [3.8, 4) is 6.07 Å². The van der Waals surface area contributed by atoms with Gasteiger partial charge < -0.3 is 9.72 Å². The van der Waals surface area contributed by atoms with Gasteiger partial charge in [0.1, 0.15) is 11.8 Å². The summed E-state index contributed by atoms with van der Waals surface area (Å²) in [6.45, 7) is 2.18. The van der Waals surface area contributed by atoms with Crippen LogP contribution in [0.4, 0.5) is 0 Å². The molecule has 0 amide bonds. The van der Waals surface area contributed by atoms with Crippen molar-refractivity contribution in [3.05, 3.63) is 35.5 Å². The third-order valence-corrected chi connectivity index (χ3v) is 2.46. The minimum Gasteiger partial charge on any atom is -0.466 e. The number of H-pyrrole nitrogens is 1. The summed E-state index contributed by atoms with van der Waals surface area (Å²) < 4.78 is 4.89. The number of fused-ring (bicyclic) bond motifs is 1. The van der Waals surface area contributed by atoms with Crippen molar-refractivity contribution in [1.29, 1.82) is 5.26 Å². The van der Waals surface area contributed by atoms with Crippen molar-refractivity contribution >= 4 is 16.9 Å². The topological polar surface area (TPSA) is 65.9 Å². The van der Waals surface area contributed by atoms with Crippen LogP contribution in [-0.2, 0) is 16.0 Å². The Morgan fingerprint density at radius 2 is 2.29 bits per heavy atom. The summed E-state index contributed by atoms with van der Waals surface area (Å²) in [5.74, 6) is -0.233. The van der Waals surface area contributed by atoms with Crippen LogP contribution in [0.3, 0.4) is 0 Å². The average Bonchev–Trinajstić information content (AvgIpc) is 2.71. The Hall–Kier alpha value is -2.28. The Morgan fingerprint density at radius 3 is 3.00 bits per heavy atom. The molecular formula is C13H12N2O2. The number of aromatic amines is 1. The van der Waals surface area contributed by atoms with E-state index >= 15 is 0 Å². The van der Waals surface area contributed by atoms with Crippen molar-refractivity contribution in [1.82, 2.24) is 4.98 Å². The monoisotopic (exact) mass is 228 g/mol. The zero-order valence-corrected chi connectivity index (χ0v) is 9.49. The summed E-state index contributed by atoms with van der Waals surface area (Å²) in [4.78, 5) is 14.3. The molecule has 1 aromatic heterocycles. The summed E-state index contributed by atoms with van der Waals surface area (Å²) in [7, 11) is 0. The molecule has 0 fully saturated rings. The second kappa shape index (κ2) is 4.71. The minimum atomic E-state index is -0.233. The fourth-order valence-corrected chi connectivity index (χ4v) is 1.73. The van der Waals surface area contributed by atoms with E-state index in [2.05, 4.69) is 4.98 Å². The Morgan fingerprint density at radius 1 is 1.47 bits per heavy atom. The summed E-state index contributed by atoms with van der Waals surface area (Å²) in [6, 6.07) is 9.43. The van der Waals surface area contributed by atoms with Crippen LogP contribution in [0.1, 0.15) is 18.2 Å². The van der Waals surface area contributed by atoms with Crippen molar-refractivity contribution in [2.75, 3.05) is 6.61 Å². The maximum Gasteiger partial charge on any atom is 0.310 e. The predicted molar refractivity (Wildman–Crippen MR) is 63.4 cm³/mol. The third-order valence-electron chi connectivity index (χ3n) is 2.46. The molecule has 0 spiro atoms. The Labute approximate surface area is 98.8 Å². The number of rotatable bonds is 3. The molecule has 0 aliphatic rings. The van der Waals surface area contributed by atoms with Gasteiger partial charge in [0, 0.05) is 10.9 Å². The first-order valence-electron chi connectivity index (χ1n) is 5.40. The van der Waals surface area contributed by atoms with Gasteiger partial charge in [-0.2, -0.15) is 5.26 Å². The highest BCUT2D eigenvalue weighted by atomic mass is 16.5. The lowest BCUT2D eigenvalue weighted by Gasteiger charge is -2.01. The highest BCUT2D eigenvalue weighted by Crippen LogP contribution is 2.17. The van der Waals surface area contributed by atoms with Crippen molar-refractivity contribution in [2.45, 2.75) is 13.3 Å². The molecule has 1 heterocycles. The van der Waals surface area contributed by atoms with E-state index in [1.807, 2.05) is 24.3 Å². The second-order valence-corrected chi connectivity index (χ2v) is 3.70. The number of nitrogens with zero attached hydrogens (tertiary/aromatic N) is 1. The van der Waals surface area contributed by atoms with Gasteiger partial charge in [0.15, 0.2) is 0 Å². The zero-order valence-electron chi connectivity index (χ0n) is 9.49. The maximum atomic E-state index is 11.3. The number of esters is 1. The molecule has 17 heavy (non-hydrogen) atoms. The molecule has 0 atom stereocenters. The molecule has 0 bridgehead atoms. The molecular weight excluding hydrogens is 216 g/mol. The van der Waals surface area contributed by atoms with Gasteiger partial charge in [-0.15, -0.1) is 0 Å². The van der Waals surface area contributed by atoms with Gasteiger partial charge in [-0.25, -0.2) is 0 Å². The van der Waals surface area contributed by atoms with Crippen molar-refractivity contribution < 1.29 is 9.53 Å². The van der Waals surface area contributed by atoms with E-state index in [-0.39, 0.29) is 12.4 Å². The third kappa shape index (κ3) is 2.45. The van der Waals surface area contributed by atoms with E-state index in [0.717, 1.165) is 16.5 Å². The van der Waals surface area contributed by atoms with E-state index in [1.54, 1.807) is 13.0 Å². The van der Waals surface area contributed by atoms with Crippen LogP contribution < -0.4 is 0 Å². The van der Waals surface area contributed by atoms with Crippen LogP contribution in [0.15, 0.2) is 24.3 Å². The predicted octanol–water partition coefficient (Wildman–Crippen LogP) is 2.15. The van der Waals surface area contributed by atoms with Crippen molar-refractivity contribution in [3.63, 3.8) is 0 Å². The quantitative estimate of drug-likeness (QED) is 0.818. The second-order valence-electron chi connectivity index (χ2n) is 3.70. The number of hydrogen-bond donors (Lipinski definition) is 1. The molecule has 0 radical (unpaired) electrons. The fraction of sp³-hybridized carbons (Fsp3) is 0.231. The summed E-state index contributed by atoms with van der Waals surface area (Å²) in [5.41, 5.74) is 2.31. The van der Waals surface area contributed by atoms with Crippen LogP contribution in [-0.4, -0.2) is 17.6 Å². The van der Waals surface area contributed by atoms with Gasteiger partial charge in [0.05, 0.1) is 13.0 Å². The summed E-state index contributed by atoms with van der Waals surface area (Å²) >= 11 is 0. The van der Waals surface area contributed by atoms with Gasteiger partial charge in [0.2, 0.25) is 0 Å². The highest BCUT2D eigenvalue weighted by molar-refractivity contribution is 5.83. The van der Waals surface area contributed by atoms with Crippen molar-refractivity contribution in [2.24, 2.45) is 0 Å². The van der Waals surface area contributed by atoms with Crippen LogP contribution in [0, 0.1) is 11.3 Å². The molecule has 0 saturated heterocycles. The van der Waals surface area contributed by atoms with Crippen LogP contribution in [0.2, 0.25) is 0 Å². The zero-order chi connectivity index (χ0) is 12.3. The Bertz CT molecular complexity index is 593. The summed E-state index contributed by atoms with van der Waals surface area (Å²) in [5, 5.41) is 9.70. The largest absolute Gasteiger partial charge is 0.466 e. The molecule has 4 heteroatoms. The molecule has 2 rings (SSSR count). The number of nitriles is 1. The van der Waals surface area contributed by atoms with Crippen LogP contribution in [0.5, 0.6) is 0 Å². The van der Waals surface area contributed by atoms with E-state index in [1.165, 1.54) is 0 Å². The van der Waals surface area contributed by atoms with Gasteiger partial charge in [-0.05, 0) is 30.7 Å². The number of aromatic nitrogens is 1. The lowest BCUT2D eigenvalue weighted by molar-refractivity contribution is -0.142. The van der Waals surface area contributed by atoms with Crippen LogP contribution >= 0.6 is 0 Å². The summed E-state index contributed by atoms with van der Waals surface area (Å²) in [6.07, 6.45) is 0.261. The number of nitrogens with one attached hydrogen (secondary N) is 1. The van der Waals surface area contributed by atoms with Gasteiger partial charge >= 0.3 is 5.97 Å². The molecule has 1 N–H and O–H groups in total. The van der Waals surface area contributed by atoms with E-state index in [4.69, 9.17) is 10.00 Å². The molecule has 2 aromatic rings. The first kappa shape index (κ1) is 11.2. The van der Waals surface area contributed by atoms with Gasteiger partial charge in [0.25, 0.3) is 0 Å². The molecule has 86 valence electrons. The molecule has 1 aromatic carbocycles. The number of carbonyl (C=O) groups is 1. The SMILES string of the molecule is CCOC(=O)Cc1ccc2[nH]c(C#N)cc2c1. The van der Waals surface area contributed by atoms with Crippen LogP contribution in [0.25, 0.3) is 10.9 Å². The highest BCUT2D eigenvalue weighted by Gasteiger charge is 2.06. The van der Waals surface area contributed by atoms with Gasteiger partial charge in [-0.1, -0.05) is 6.07 Å².